The van der Waals surface area contributed by atoms with Crippen molar-refractivity contribution in [2.75, 3.05) is 24.7 Å². The number of ether oxygens (including phenoxy) is 2. The Morgan fingerprint density at radius 2 is 1.72 bits per heavy atom. The Balaban J connectivity index is 2.24. The summed E-state index contributed by atoms with van der Waals surface area (Å²) >= 11 is 3.39. The fourth-order valence-electron chi connectivity index (χ4n) is 1.11. The highest BCUT2D eigenvalue weighted by atomic mass is 32.2. The zero-order chi connectivity index (χ0) is 13.1. The van der Waals surface area contributed by atoms with Gasteiger partial charge in [-0.2, -0.15) is 0 Å². The normalized spacial score (nSPS) is 9.78. The lowest BCUT2D eigenvalue weighted by atomic mass is 10.5. The van der Waals surface area contributed by atoms with Gasteiger partial charge in [-0.25, -0.2) is 4.98 Å². The molecule has 1 heterocycles. The molecule has 98 valence electrons. The second-order valence-electron chi connectivity index (χ2n) is 3.10. The van der Waals surface area contributed by atoms with Crippen molar-refractivity contribution >= 4 is 23.5 Å². The van der Waals surface area contributed by atoms with Gasteiger partial charge in [0.25, 0.3) is 0 Å². The topological polar surface area (TPSA) is 31.4 Å². The molecular weight excluding hydrogens is 266 g/mol. The monoisotopic (exact) mass is 283 g/mol. The third-order valence-electron chi connectivity index (χ3n) is 1.87. The Morgan fingerprint density at radius 3 is 2.28 bits per heavy atom. The molecule has 0 bridgehead atoms. The fourth-order valence-corrected chi connectivity index (χ4v) is 2.49. The zero-order valence-corrected chi connectivity index (χ0v) is 11.8. The van der Waals surface area contributed by atoms with Crippen molar-refractivity contribution in [1.82, 2.24) is 4.98 Å². The molecule has 1 rings (SSSR count). The Morgan fingerprint density at radius 1 is 1.06 bits per heavy atom. The number of pyridine rings is 1. The van der Waals surface area contributed by atoms with Gasteiger partial charge in [0, 0.05) is 22.6 Å². The first kappa shape index (κ1) is 15.0. The third kappa shape index (κ3) is 6.61. The molecule has 0 aliphatic rings. The quantitative estimate of drug-likeness (QED) is 0.372. The van der Waals surface area contributed by atoms with Crippen molar-refractivity contribution in [2.24, 2.45) is 0 Å². The van der Waals surface area contributed by atoms with Crippen molar-refractivity contribution in [3.63, 3.8) is 0 Å². The van der Waals surface area contributed by atoms with Gasteiger partial charge >= 0.3 is 0 Å². The van der Waals surface area contributed by atoms with Crippen LogP contribution in [0.1, 0.15) is 0 Å². The van der Waals surface area contributed by atoms with Crippen molar-refractivity contribution in [3.05, 3.63) is 44.0 Å². The van der Waals surface area contributed by atoms with Crippen molar-refractivity contribution in [1.29, 1.82) is 0 Å². The molecule has 5 heteroatoms. The van der Waals surface area contributed by atoms with Gasteiger partial charge in [0.05, 0.1) is 30.8 Å². The van der Waals surface area contributed by atoms with Crippen molar-refractivity contribution in [3.8, 4) is 0 Å². The van der Waals surface area contributed by atoms with Crippen LogP contribution >= 0.6 is 23.5 Å². The molecule has 0 spiro atoms. The average Bonchev–Trinajstić information content (AvgIpc) is 2.41. The Labute approximate surface area is 117 Å². The molecule has 0 aliphatic heterocycles. The molecule has 0 atom stereocenters. The molecule has 1 aromatic rings. The summed E-state index contributed by atoms with van der Waals surface area (Å²) in [5.41, 5.74) is 0. The summed E-state index contributed by atoms with van der Waals surface area (Å²) in [6.07, 6.45) is 4.80. The molecule has 0 fully saturated rings. The summed E-state index contributed by atoms with van der Waals surface area (Å²) in [7, 11) is 0. The van der Waals surface area contributed by atoms with Gasteiger partial charge in [0.1, 0.15) is 0 Å². The highest BCUT2D eigenvalue weighted by Crippen LogP contribution is 2.20. The van der Waals surface area contributed by atoms with E-state index in [1.54, 1.807) is 23.5 Å². The van der Waals surface area contributed by atoms with E-state index in [1.165, 1.54) is 12.5 Å². The maximum Gasteiger partial charge on any atom is 0.0967 e. The number of thioether (sulfide) groups is 2. The second kappa shape index (κ2) is 9.91. The Hall–Kier alpha value is -1.07. The van der Waals surface area contributed by atoms with Crippen molar-refractivity contribution < 1.29 is 9.47 Å². The van der Waals surface area contributed by atoms with Gasteiger partial charge in [-0.1, -0.05) is 13.2 Å². The number of aromatic nitrogens is 1. The first-order valence-corrected chi connectivity index (χ1v) is 7.50. The first-order chi connectivity index (χ1) is 8.86. The Kier molecular flexibility index (Phi) is 8.25. The average molecular weight is 283 g/mol. The molecule has 18 heavy (non-hydrogen) atoms. The van der Waals surface area contributed by atoms with Gasteiger partial charge in [-0.05, 0) is 12.1 Å². The second-order valence-corrected chi connectivity index (χ2v) is 5.39. The van der Waals surface area contributed by atoms with Gasteiger partial charge in [0.2, 0.25) is 0 Å². The minimum atomic E-state index is 0.658. The maximum atomic E-state index is 5.05. The molecule has 0 saturated carbocycles. The minimum absolute atomic E-state index is 0.658. The summed E-state index contributed by atoms with van der Waals surface area (Å²) in [4.78, 5) is 5.52. The molecule has 0 aromatic carbocycles. The van der Waals surface area contributed by atoms with Crippen LogP contribution < -0.4 is 0 Å². The molecule has 1 aromatic heterocycles. The molecule has 0 radical (unpaired) electrons. The zero-order valence-electron chi connectivity index (χ0n) is 10.2. The molecule has 0 unspecified atom stereocenters. The highest BCUT2D eigenvalue weighted by Gasteiger charge is 1.98. The van der Waals surface area contributed by atoms with Gasteiger partial charge < -0.3 is 9.47 Å². The smallest absolute Gasteiger partial charge is 0.0967 e. The number of hydrogen-bond acceptors (Lipinski definition) is 5. The van der Waals surface area contributed by atoms with Crippen LogP contribution in [0.25, 0.3) is 0 Å². The standard InChI is InChI=1S/C13H17NO2S2/c1-3-15-7-9-17-12-5-6-13(14-11-12)18-10-8-16-4-2/h3-6,11H,1-2,7-10H2. The van der Waals surface area contributed by atoms with E-state index in [0.29, 0.717) is 13.2 Å². The fraction of sp³-hybridized carbons (Fsp3) is 0.308. The molecule has 0 N–H and O–H groups in total. The van der Waals surface area contributed by atoms with Crippen LogP contribution in [0.5, 0.6) is 0 Å². The van der Waals surface area contributed by atoms with Crippen LogP contribution in [-0.2, 0) is 9.47 Å². The third-order valence-corrected chi connectivity index (χ3v) is 3.72. The van der Waals surface area contributed by atoms with Gasteiger partial charge in [0.15, 0.2) is 0 Å². The van der Waals surface area contributed by atoms with E-state index in [1.807, 2.05) is 12.3 Å². The van der Waals surface area contributed by atoms with E-state index >= 15 is 0 Å². The lowest BCUT2D eigenvalue weighted by molar-refractivity contribution is 0.274. The lowest BCUT2D eigenvalue weighted by Gasteiger charge is -2.03. The molecule has 3 nitrogen and oxygen atoms in total. The summed E-state index contributed by atoms with van der Waals surface area (Å²) in [6.45, 7) is 8.32. The number of rotatable bonds is 10. The first-order valence-electron chi connectivity index (χ1n) is 5.53. The number of nitrogens with zero attached hydrogens (tertiary/aromatic N) is 1. The van der Waals surface area contributed by atoms with Gasteiger partial charge in [-0.15, -0.1) is 23.5 Å². The van der Waals surface area contributed by atoms with E-state index in [2.05, 4.69) is 24.2 Å². The number of hydrogen-bond donors (Lipinski definition) is 0. The van der Waals surface area contributed by atoms with E-state index in [-0.39, 0.29) is 0 Å². The van der Waals surface area contributed by atoms with Crippen molar-refractivity contribution in [2.45, 2.75) is 9.92 Å². The van der Waals surface area contributed by atoms with Crippen LogP contribution in [-0.4, -0.2) is 29.7 Å². The Bertz CT molecular complexity index is 320. The van der Waals surface area contributed by atoms with Crippen LogP contribution in [0.3, 0.4) is 0 Å². The van der Waals surface area contributed by atoms with Crippen LogP contribution in [0.2, 0.25) is 0 Å². The molecular formula is C13H17NO2S2. The van der Waals surface area contributed by atoms with Crippen LogP contribution in [0.4, 0.5) is 0 Å². The van der Waals surface area contributed by atoms with E-state index in [9.17, 15) is 0 Å². The lowest BCUT2D eigenvalue weighted by Crippen LogP contribution is -1.92. The van der Waals surface area contributed by atoms with Crippen LogP contribution in [0.15, 0.2) is 53.9 Å². The van der Waals surface area contributed by atoms with E-state index in [0.717, 1.165) is 21.4 Å². The predicted molar refractivity (Wildman–Crippen MR) is 78.0 cm³/mol. The summed E-state index contributed by atoms with van der Waals surface area (Å²) in [5, 5.41) is 1.01. The molecule has 0 amide bonds. The predicted octanol–water partition coefficient (Wildman–Crippen LogP) is 3.59. The largest absolute Gasteiger partial charge is 0.501 e. The van der Waals surface area contributed by atoms with Gasteiger partial charge in [-0.3, -0.25) is 0 Å². The minimum Gasteiger partial charge on any atom is -0.501 e. The summed E-state index contributed by atoms with van der Waals surface area (Å²) < 4.78 is 10.1. The molecule has 0 aliphatic carbocycles. The molecule has 0 saturated heterocycles. The van der Waals surface area contributed by atoms with Crippen LogP contribution in [0, 0.1) is 0 Å². The summed E-state index contributed by atoms with van der Waals surface area (Å²) in [6, 6.07) is 4.09. The summed E-state index contributed by atoms with van der Waals surface area (Å²) in [5.74, 6) is 1.77. The maximum absolute atomic E-state index is 5.05. The SMILES string of the molecule is C=COCCSc1ccc(SCCOC=C)nc1. The van der Waals surface area contributed by atoms with E-state index < -0.39 is 0 Å². The van der Waals surface area contributed by atoms with E-state index in [4.69, 9.17) is 9.47 Å². The highest BCUT2D eigenvalue weighted by molar-refractivity contribution is 7.99.